The van der Waals surface area contributed by atoms with Crippen molar-refractivity contribution >= 4 is 11.7 Å². The van der Waals surface area contributed by atoms with Crippen molar-refractivity contribution in [3.05, 3.63) is 30.1 Å². The van der Waals surface area contributed by atoms with E-state index in [0.29, 0.717) is 13.1 Å². The third-order valence-electron chi connectivity index (χ3n) is 2.86. The highest BCUT2D eigenvalue weighted by Gasteiger charge is 2.21. The number of halogens is 1. The maximum absolute atomic E-state index is 13.3. The average molecular weight is 237 g/mol. The first-order valence-corrected chi connectivity index (χ1v) is 5.73. The molecule has 0 unspecified atom stereocenters. The highest BCUT2D eigenvalue weighted by atomic mass is 19.1. The summed E-state index contributed by atoms with van der Waals surface area (Å²) in [7, 11) is 0. The Bertz CT molecular complexity index is 410. The first-order valence-electron chi connectivity index (χ1n) is 5.73. The number of carbonyl (C=O) groups is 1. The van der Waals surface area contributed by atoms with Gasteiger partial charge in [-0.05, 0) is 25.0 Å². The van der Waals surface area contributed by atoms with E-state index in [4.69, 9.17) is 5.73 Å². The van der Waals surface area contributed by atoms with Crippen molar-refractivity contribution in [3.8, 4) is 0 Å². The number of nitrogens with two attached hydrogens (primary N) is 1. The number of urea groups is 1. The largest absolute Gasteiger partial charge is 0.326 e. The van der Waals surface area contributed by atoms with Gasteiger partial charge in [0.1, 0.15) is 5.82 Å². The standard InChI is InChI=1S/C12H16FN3O/c13-10-5-1-2-6-11(10)15-12(17)16-7-3-4-9(14)8-16/h1-2,5-6,9H,3-4,7-8,14H2,(H,15,17)/t9-/m1/s1. The lowest BCUT2D eigenvalue weighted by Crippen LogP contribution is -2.47. The van der Waals surface area contributed by atoms with Gasteiger partial charge in [0.05, 0.1) is 5.69 Å². The van der Waals surface area contributed by atoms with Crippen LogP contribution in [0.4, 0.5) is 14.9 Å². The Hall–Kier alpha value is -1.62. The summed E-state index contributed by atoms with van der Waals surface area (Å²) in [5, 5.41) is 2.56. The number of nitrogens with one attached hydrogen (secondary N) is 1. The molecule has 0 aliphatic carbocycles. The molecular formula is C12H16FN3O. The van der Waals surface area contributed by atoms with E-state index in [2.05, 4.69) is 5.32 Å². The number of likely N-dealkylation sites (tertiary alicyclic amines) is 1. The van der Waals surface area contributed by atoms with Crippen LogP contribution in [0, 0.1) is 5.82 Å². The zero-order chi connectivity index (χ0) is 12.3. The summed E-state index contributed by atoms with van der Waals surface area (Å²) in [6.07, 6.45) is 1.83. The van der Waals surface area contributed by atoms with Gasteiger partial charge < -0.3 is 16.0 Å². The number of benzene rings is 1. The monoisotopic (exact) mass is 237 g/mol. The zero-order valence-corrected chi connectivity index (χ0v) is 9.53. The molecule has 4 nitrogen and oxygen atoms in total. The smallest absolute Gasteiger partial charge is 0.321 e. The van der Waals surface area contributed by atoms with Gasteiger partial charge in [-0.2, -0.15) is 0 Å². The predicted molar refractivity (Wildman–Crippen MR) is 64.2 cm³/mol. The highest BCUT2D eigenvalue weighted by Crippen LogP contribution is 2.15. The summed E-state index contributed by atoms with van der Waals surface area (Å²) in [5.74, 6) is -0.429. The third kappa shape index (κ3) is 2.94. The molecule has 1 aromatic rings. The van der Waals surface area contributed by atoms with Gasteiger partial charge in [-0.3, -0.25) is 0 Å². The lowest BCUT2D eigenvalue weighted by Gasteiger charge is -2.30. The minimum absolute atomic E-state index is 0.0233. The van der Waals surface area contributed by atoms with Crippen LogP contribution in [0.2, 0.25) is 0 Å². The van der Waals surface area contributed by atoms with Gasteiger partial charge >= 0.3 is 6.03 Å². The van der Waals surface area contributed by atoms with Gasteiger partial charge in [-0.15, -0.1) is 0 Å². The van der Waals surface area contributed by atoms with Crippen LogP contribution in [-0.4, -0.2) is 30.1 Å². The molecule has 1 aromatic carbocycles. The summed E-state index contributed by atoms with van der Waals surface area (Å²) in [4.78, 5) is 13.5. The Morgan fingerprint density at radius 2 is 2.24 bits per heavy atom. The fourth-order valence-corrected chi connectivity index (χ4v) is 1.95. The SMILES string of the molecule is N[C@@H]1CCCN(C(=O)Nc2ccccc2F)C1. The summed E-state index contributed by atoms with van der Waals surface area (Å²) in [5.41, 5.74) is 6.00. The van der Waals surface area contributed by atoms with E-state index >= 15 is 0 Å². The van der Waals surface area contributed by atoms with Gasteiger partial charge in [-0.25, -0.2) is 9.18 Å². The van der Waals surface area contributed by atoms with Crippen LogP contribution in [0.1, 0.15) is 12.8 Å². The van der Waals surface area contributed by atoms with Crippen molar-refractivity contribution in [1.29, 1.82) is 0 Å². The second-order valence-electron chi connectivity index (χ2n) is 4.26. The molecule has 0 aromatic heterocycles. The molecule has 5 heteroatoms. The minimum Gasteiger partial charge on any atom is -0.326 e. The van der Waals surface area contributed by atoms with E-state index in [1.165, 1.54) is 12.1 Å². The molecule has 3 N–H and O–H groups in total. The lowest BCUT2D eigenvalue weighted by atomic mass is 10.1. The number of anilines is 1. The van der Waals surface area contributed by atoms with Gasteiger partial charge in [-0.1, -0.05) is 12.1 Å². The lowest BCUT2D eigenvalue weighted by molar-refractivity contribution is 0.193. The Balaban J connectivity index is 1.99. The molecular weight excluding hydrogens is 221 g/mol. The van der Waals surface area contributed by atoms with Crippen molar-refractivity contribution in [3.63, 3.8) is 0 Å². The number of carbonyl (C=O) groups excluding carboxylic acids is 1. The fraction of sp³-hybridized carbons (Fsp3) is 0.417. The molecule has 92 valence electrons. The second kappa shape index (κ2) is 5.14. The first kappa shape index (κ1) is 11.9. The molecule has 1 heterocycles. The molecule has 17 heavy (non-hydrogen) atoms. The topological polar surface area (TPSA) is 58.4 Å². The summed E-state index contributed by atoms with van der Waals surface area (Å²) >= 11 is 0. The summed E-state index contributed by atoms with van der Waals surface area (Å²) in [6.45, 7) is 1.20. The van der Waals surface area contributed by atoms with Gasteiger partial charge in [0.2, 0.25) is 0 Å². The van der Waals surface area contributed by atoms with Crippen LogP contribution in [0.5, 0.6) is 0 Å². The Labute approximate surface area is 99.6 Å². The van der Waals surface area contributed by atoms with E-state index in [1.54, 1.807) is 17.0 Å². The zero-order valence-electron chi connectivity index (χ0n) is 9.53. The number of nitrogens with zero attached hydrogens (tertiary/aromatic N) is 1. The molecule has 1 saturated heterocycles. The molecule has 2 amide bonds. The van der Waals surface area contributed by atoms with E-state index < -0.39 is 5.82 Å². The fourth-order valence-electron chi connectivity index (χ4n) is 1.95. The van der Waals surface area contributed by atoms with E-state index in [-0.39, 0.29) is 17.8 Å². The second-order valence-corrected chi connectivity index (χ2v) is 4.26. The summed E-state index contributed by atoms with van der Waals surface area (Å²) < 4.78 is 13.3. The number of amides is 2. The molecule has 1 fully saturated rings. The quantitative estimate of drug-likeness (QED) is 0.782. The molecule has 0 radical (unpaired) electrons. The number of rotatable bonds is 1. The van der Waals surface area contributed by atoms with Crippen molar-refractivity contribution in [2.45, 2.75) is 18.9 Å². The average Bonchev–Trinajstić information content (AvgIpc) is 2.32. The summed E-state index contributed by atoms with van der Waals surface area (Å²) in [6, 6.07) is 5.86. The van der Waals surface area contributed by atoms with Crippen LogP contribution in [0.15, 0.2) is 24.3 Å². The Morgan fingerprint density at radius 3 is 2.94 bits per heavy atom. The highest BCUT2D eigenvalue weighted by molar-refractivity contribution is 5.89. The molecule has 1 aliphatic rings. The van der Waals surface area contributed by atoms with Crippen LogP contribution >= 0.6 is 0 Å². The van der Waals surface area contributed by atoms with Crippen LogP contribution in [0.25, 0.3) is 0 Å². The Morgan fingerprint density at radius 1 is 1.47 bits per heavy atom. The van der Waals surface area contributed by atoms with Crippen LogP contribution in [0.3, 0.4) is 0 Å². The Kier molecular flexibility index (Phi) is 3.58. The third-order valence-corrected chi connectivity index (χ3v) is 2.86. The number of hydrogen-bond acceptors (Lipinski definition) is 2. The molecule has 1 atom stereocenters. The van der Waals surface area contributed by atoms with Gasteiger partial charge in [0.25, 0.3) is 0 Å². The van der Waals surface area contributed by atoms with Gasteiger partial charge in [0, 0.05) is 19.1 Å². The molecule has 0 bridgehead atoms. The molecule has 2 rings (SSSR count). The molecule has 0 saturated carbocycles. The number of para-hydroxylation sites is 1. The first-order chi connectivity index (χ1) is 8.16. The molecule has 1 aliphatic heterocycles. The van der Waals surface area contributed by atoms with E-state index in [9.17, 15) is 9.18 Å². The van der Waals surface area contributed by atoms with Crippen molar-refractivity contribution < 1.29 is 9.18 Å². The minimum atomic E-state index is -0.429. The van der Waals surface area contributed by atoms with E-state index in [1.807, 2.05) is 0 Å². The van der Waals surface area contributed by atoms with Crippen LogP contribution in [-0.2, 0) is 0 Å². The number of piperidine rings is 1. The maximum Gasteiger partial charge on any atom is 0.321 e. The van der Waals surface area contributed by atoms with Crippen LogP contribution < -0.4 is 11.1 Å². The van der Waals surface area contributed by atoms with Gasteiger partial charge in [0.15, 0.2) is 0 Å². The normalized spacial score (nSPS) is 20.1. The van der Waals surface area contributed by atoms with Crippen molar-refractivity contribution in [2.24, 2.45) is 5.73 Å². The number of hydrogen-bond donors (Lipinski definition) is 2. The maximum atomic E-state index is 13.3. The van der Waals surface area contributed by atoms with Crippen molar-refractivity contribution in [2.75, 3.05) is 18.4 Å². The predicted octanol–water partition coefficient (Wildman–Crippen LogP) is 1.78. The van der Waals surface area contributed by atoms with E-state index in [0.717, 1.165) is 12.8 Å². The molecule has 0 spiro atoms. The van der Waals surface area contributed by atoms with Crippen molar-refractivity contribution in [1.82, 2.24) is 4.90 Å².